The average Bonchev–Trinajstić information content (AvgIpc) is 2.15. The summed E-state index contributed by atoms with van der Waals surface area (Å²) in [5.74, 6) is -0.0996. The molecule has 1 atom stereocenters. The van der Waals surface area contributed by atoms with E-state index in [1.54, 1.807) is 0 Å². The lowest BCUT2D eigenvalue weighted by molar-refractivity contribution is 0.496. The summed E-state index contributed by atoms with van der Waals surface area (Å²) >= 11 is 4.69. The van der Waals surface area contributed by atoms with Gasteiger partial charge in [0, 0.05) is 12.5 Å². The van der Waals surface area contributed by atoms with Crippen molar-refractivity contribution in [2.45, 2.75) is 6.42 Å². The Hall–Kier alpha value is -0.930. The summed E-state index contributed by atoms with van der Waals surface area (Å²) < 4.78 is 0. The molecule has 0 spiro atoms. The minimum atomic E-state index is -0.0996. The Morgan fingerprint density at radius 3 is 2.46 bits per heavy atom. The van der Waals surface area contributed by atoms with Gasteiger partial charge in [-0.2, -0.15) is 0 Å². The average molecular weight is 195 g/mol. The minimum Gasteiger partial charge on any atom is -0.502 e. The number of aliphatic hydroxyl groups is 1. The third kappa shape index (κ3) is 3.13. The predicted octanol–water partition coefficient (Wildman–Crippen LogP) is 1.69. The van der Waals surface area contributed by atoms with Gasteiger partial charge in [0.25, 0.3) is 0 Å². The molecule has 0 heterocycles. The number of rotatable bonds is 4. The maximum atomic E-state index is 9.12. The standard InChI is InChI=1S/C10H13NOS/c11-7-9(10(12)13)6-8-4-2-1-3-5-8/h1-5,9H,6-7,11H2,(H,12,13). The van der Waals surface area contributed by atoms with E-state index in [1.807, 2.05) is 30.3 Å². The van der Waals surface area contributed by atoms with Crippen LogP contribution in [-0.2, 0) is 6.42 Å². The smallest absolute Gasteiger partial charge is 0.161 e. The molecule has 0 saturated heterocycles. The molecule has 0 amide bonds. The van der Waals surface area contributed by atoms with E-state index in [9.17, 15) is 0 Å². The van der Waals surface area contributed by atoms with E-state index >= 15 is 0 Å². The molecule has 1 unspecified atom stereocenters. The van der Waals surface area contributed by atoms with Crippen LogP contribution in [0.3, 0.4) is 0 Å². The zero-order chi connectivity index (χ0) is 9.68. The molecule has 3 heteroatoms. The Morgan fingerprint density at radius 1 is 1.38 bits per heavy atom. The lowest BCUT2D eigenvalue weighted by Gasteiger charge is -2.11. The highest BCUT2D eigenvalue weighted by Crippen LogP contribution is 2.08. The van der Waals surface area contributed by atoms with E-state index in [1.165, 1.54) is 0 Å². The van der Waals surface area contributed by atoms with Gasteiger partial charge in [0.05, 0.1) is 0 Å². The summed E-state index contributed by atoms with van der Waals surface area (Å²) in [5, 5.41) is 9.13. The lowest BCUT2D eigenvalue weighted by atomic mass is 10.0. The first-order valence-corrected chi connectivity index (χ1v) is 4.61. The first-order chi connectivity index (χ1) is 6.24. The van der Waals surface area contributed by atoms with Crippen molar-refractivity contribution in [2.24, 2.45) is 11.7 Å². The fourth-order valence-corrected chi connectivity index (χ4v) is 1.35. The highest BCUT2D eigenvalue weighted by atomic mass is 32.1. The zero-order valence-corrected chi connectivity index (χ0v) is 8.13. The van der Waals surface area contributed by atoms with Crippen molar-refractivity contribution >= 4 is 17.3 Å². The van der Waals surface area contributed by atoms with Crippen LogP contribution in [0.2, 0.25) is 0 Å². The molecule has 3 N–H and O–H groups in total. The van der Waals surface area contributed by atoms with Crippen molar-refractivity contribution in [3.8, 4) is 0 Å². The van der Waals surface area contributed by atoms with Gasteiger partial charge in [-0.05, 0) is 24.2 Å². The molecule has 0 aromatic heterocycles. The highest BCUT2D eigenvalue weighted by Gasteiger charge is 2.11. The molecular formula is C10H13NOS. The maximum Gasteiger partial charge on any atom is 0.161 e. The van der Waals surface area contributed by atoms with Crippen LogP contribution in [-0.4, -0.2) is 16.7 Å². The van der Waals surface area contributed by atoms with Crippen LogP contribution in [0.15, 0.2) is 30.3 Å². The van der Waals surface area contributed by atoms with Gasteiger partial charge in [0.1, 0.15) is 0 Å². The number of aliphatic hydroxyl groups excluding tert-OH is 1. The van der Waals surface area contributed by atoms with E-state index in [0.717, 1.165) is 5.56 Å². The van der Waals surface area contributed by atoms with Crippen molar-refractivity contribution in [3.63, 3.8) is 0 Å². The minimum absolute atomic E-state index is 0.00588. The molecule has 0 bridgehead atoms. The molecule has 1 aromatic carbocycles. The third-order valence-corrected chi connectivity index (χ3v) is 2.29. The Kier molecular flexibility index (Phi) is 3.86. The molecule has 1 rings (SSSR count). The van der Waals surface area contributed by atoms with Crippen LogP contribution in [0, 0.1) is 5.92 Å². The van der Waals surface area contributed by atoms with Gasteiger partial charge in [-0.15, -0.1) is 0 Å². The third-order valence-electron chi connectivity index (χ3n) is 1.96. The van der Waals surface area contributed by atoms with Crippen LogP contribution < -0.4 is 5.73 Å². The van der Waals surface area contributed by atoms with Gasteiger partial charge in [-0.25, -0.2) is 0 Å². The topological polar surface area (TPSA) is 46.2 Å². The fourth-order valence-electron chi connectivity index (χ4n) is 1.17. The number of hydrogen-bond acceptors (Lipinski definition) is 2. The van der Waals surface area contributed by atoms with Crippen molar-refractivity contribution in [2.75, 3.05) is 6.54 Å². The summed E-state index contributed by atoms with van der Waals surface area (Å²) in [6.45, 7) is 0.393. The Labute approximate surface area is 83.4 Å². The largest absolute Gasteiger partial charge is 0.502 e. The van der Waals surface area contributed by atoms with E-state index in [2.05, 4.69) is 0 Å². The highest BCUT2D eigenvalue weighted by molar-refractivity contribution is 7.80. The van der Waals surface area contributed by atoms with Crippen molar-refractivity contribution < 1.29 is 5.11 Å². The molecular weight excluding hydrogens is 182 g/mol. The van der Waals surface area contributed by atoms with Crippen molar-refractivity contribution in [3.05, 3.63) is 35.9 Å². The van der Waals surface area contributed by atoms with Crippen LogP contribution in [0.5, 0.6) is 0 Å². The van der Waals surface area contributed by atoms with Gasteiger partial charge in [-0.3, -0.25) is 0 Å². The molecule has 70 valence electrons. The summed E-state index contributed by atoms with van der Waals surface area (Å²) in [6.07, 6.45) is 0.715. The Bertz CT molecular complexity index is 274. The number of thiocarbonyl (C=S) groups is 1. The van der Waals surface area contributed by atoms with Crippen LogP contribution >= 0.6 is 12.2 Å². The summed E-state index contributed by atoms with van der Waals surface area (Å²) in [4.78, 5) is 0. The lowest BCUT2D eigenvalue weighted by Crippen LogP contribution is -2.24. The van der Waals surface area contributed by atoms with E-state index in [0.29, 0.717) is 13.0 Å². The molecule has 0 aliphatic carbocycles. The van der Waals surface area contributed by atoms with E-state index in [4.69, 9.17) is 23.1 Å². The summed E-state index contributed by atoms with van der Waals surface area (Å²) in [7, 11) is 0. The second kappa shape index (κ2) is 4.94. The van der Waals surface area contributed by atoms with Crippen molar-refractivity contribution in [1.29, 1.82) is 0 Å². The maximum absolute atomic E-state index is 9.12. The van der Waals surface area contributed by atoms with Gasteiger partial charge in [0.2, 0.25) is 0 Å². The van der Waals surface area contributed by atoms with Crippen LogP contribution in [0.25, 0.3) is 0 Å². The van der Waals surface area contributed by atoms with Crippen LogP contribution in [0.1, 0.15) is 5.56 Å². The number of benzene rings is 1. The van der Waals surface area contributed by atoms with E-state index < -0.39 is 0 Å². The second-order valence-corrected chi connectivity index (χ2v) is 3.38. The molecule has 0 fully saturated rings. The number of nitrogens with two attached hydrogens (primary N) is 1. The van der Waals surface area contributed by atoms with Crippen molar-refractivity contribution in [1.82, 2.24) is 0 Å². The molecule has 0 aliphatic rings. The monoisotopic (exact) mass is 195 g/mol. The first kappa shape index (κ1) is 10.2. The zero-order valence-electron chi connectivity index (χ0n) is 7.31. The van der Waals surface area contributed by atoms with Gasteiger partial charge in [-0.1, -0.05) is 30.3 Å². The van der Waals surface area contributed by atoms with Gasteiger partial charge < -0.3 is 10.8 Å². The SMILES string of the molecule is NCC(Cc1ccccc1)C(O)=S. The normalized spacial score (nSPS) is 12.4. The Balaban J connectivity index is 2.62. The summed E-state index contributed by atoms with van der Waals surface area (Å²) in [5.41, 5.74) is 6.62. The molecule has 0 radical (unpaired) electrons. The quantitative estimate of drug-likeness (QED) is 0.719. The van der Waals surface area contributed by atoms with Gasteiger partial charge >= 0.3 is 0 Å². The Morgan fingerprint density at radius 2 is 2.00 bits per heavy atom. The first-order valence-electron chi connectivity index (χ1n) is 4.21. The fraction of sp³-hybridized carbons (Fsp3) is 0.300. The predicted molar refractivity (Wildman–Crippen MR) is 57.9 cm³/mol. The van der Waals surface area contributed by atoms with E-state index in [-0.39, 0.29) is 11.0 Å². The molecule has 1 aromatic rings. The second-order valence-electron chi connectivity index (χ2n) is 2.96. The van der Waals surface area contributed by atoms with Gasteiger partial charge in [0.15, 0.2) is 5.05 Å². The molecule has 0 saturated carbocycles. The number of hydrogen-bond donors (Lipinski definition) is 2. The van der Waals surface area contributed by atoms with Crippen LogP contribution in [0.4, 0.5) is 0 Å². The molecule has 2 nitrogen and oxygen atoms in total. The summed E-state index contributed by atoms with van der Waals surface area (Å²) in [6, 6.07) is 9.88. The molecule has 0 aliphatic heterocycles. The molecule has 13 heavy (non-hydrogen) atoms.